The predicted molar refractivity (Wildman–Crippen MR) is 119 cm³/mol. The normalized spacial score (nSPS) is 8.97. The zero-order valence-corrected chi connectivity index (χ0v) is 23.1. The zero-order valence-electron chi connectivity index (χ0n) is 20.6. The van der Waals surface area contributed by atoms with Crippen LogP contribution in [0, 0.1) is 5.41 Å². The van der Waals surface area contributed by atoms with Gasteiger partial charge < -0.3 is 44.3 Å². The number of carboxylic acids is 3. The van der Waals surface area contributed by atoms with Crippen molar-refractivity contribution in [3.63, 3.8) is 0 Å². The summed E-state index contributed by atoms with van der Waals surface area (Å²) in [6.07, 6.45) is 4.11. The molecular formula is C24H36O9Zr. The van der Waals surface area contributed by atoms with Crippen LogP contribution in [0.1, 0.15) is 34.1 Å². The van der Waals surface area contributed by atoms with Gasteiger partial charge in [0.15, 0.2) is 0 Å². The van der Waals surface area contributed by atoms with Gasteiger partial charge in [0, 0.05) is 5.41 Å². The van der Waals surface area contributed by atoms with Gasteiger partial charge >= 0.3 is 26.2 Å². The summed E-state index contributed by atoms with van der Waals surface area (Å²) in [5.74, 6) is -3.56. The monoisotopic (exact) mass is 558 g/mol. The molecule has 0 rings (SSSR count). The minimum atomic E-state index is -1.19. The number of hydrogen-bond acceptors (Lipinski definition) is 9. The third kappa shape index (κ3) is 32.1. The van der Waals surface area contributed by atoms with Crippen molar-refractivity contribution < 1.29 is 70.5 Å². The number of ether oxygens (including phenoxy) is 2. The van der Waals surface area contributed by atoms with Gasteiger partial charge in [0.05, 0.1) is 44.3 Å². The van der Waals surface area contributed by atoms with E-state index in [-0.39, 0.29) is 49.5 Å². The molecule has 0 amide bonds. The second-order valence-electron chi connectivity index (χ2n) is 6.81. The Morgan fingerprint density at radius 3 is 1.12 bits per heavy atom. The Bertz CT molecular complexity index is 542. The first-order chi connectivity index (χ1) is 15.2. The van der Waals surface area contributed by atoms with Crippen LogP contribution in [0.4, 0.5) is 0 Å². The van der Waals surface area contributed by atoms with E-state index >= 15 is 0 Å². The van der Waals surface area contributed by atoms with Crippen LogP contribution in [0.15, 0.2) is 61.8 Å². The van der Waals surface area contributed by atoms with Gasteiger partial charge in [-0.25, -0.2) is 0 Å². The molecule has 9 nitrogen and oxygen atoms in total. The van der Waals surface area contributed by atoms with Gasteiger partial charge in [-0.3, -0.25) is 0 Å². The summed E-state index contributed by atoms with van der Waals surface area (Å²) in [6.45, 7) is 24.2. The van der Waals surface area contributed by atoms with Gasteiger partial charge in [-0.2, -0.15) is 0 Å². The number of rotatable bonds is 13. The van der Waals surface area contributed by atoms with Gasteiger partial charge in [0.1, 0.15) is 0 Å². The van der Waals surface area contributed by atoms with Crippen molar-refractivity contribution in [2.75, 3.05) is 33.0 Å². The van der Waals surface area contributed by atoms with Crippen molar-refractivity contribution in [2.45, 2.75) is 34.1 Å². The molecule has 0 atom stereocenters. The molecule has 0 aliphatic carbocycles. The van der Waals surface area contributed by atoms with Crippen LogP contribution in [0.2, 0.25) is 0 Å². The molecule has 0 bridgehead atoms. The van der Waals surface area contributed by atoms with Crippen LogP contribution >= 0.6 is 0 Å². The Hall–Kier alpha value is -2.13. The number of hydrogen-bond donors (Lipinski definition) is 0. The number of carbonyl (C=O) groups is 3. The fourth-order valence-corrected chi connectivity index (χ4v) is 1.15. The second kappa shape index (κ2) is 27.1. The summed E-state index contributed by atoms with van der Waals surface area (Å²) in [5, 5.41) is 39.6. The van der Waals surface area contributed by atoms with E-state index in [4.69, 9.17) is 9.47 Å². The molecule has 0 saturated heterocycles. The van der Waals surface area contributed by atoms with Crippen LogP contribution in [0.3, 0.4) is 0 Å². The van der Waals surface area contributed by atoms with Crippen LogP contribution < -0.4 is 20.4 Å². The van der Waals surface area contributed by atoms with E-state index in [1.54, 1.807) is 12.2 Å². The van der Waals surface area contributed by atoms with E-state index in [0.29, 0.717) is 26.4 Å². The molecule has 0 aromatic heterocycles. The first kappa shape index (κ1) is 42.1. The molecule has 0 unspecified atom stereocenters. The number of carboxylic acid groups (broad SMARTS) is 3. The molecule has 190 valence electrons. The van der Waals surface area contributed by atoms with Crippen molar-refractivity contribution in [2.24, 2.45) is 5.41 Å². The SMILES string of the molecule is C=C(C)C(=O)[O-].C=C(C)C(=O)[O-].C=C(C)C(=O)[O-].C=CCOCC(CC)(C[O-])COCC=C.[Zr+4]. The Kier molecular flexibility index (Phi) is 33.6. The van der Waals surface area contributed by atoms with E-state index < -0.39 is 23.3 Å². The van der Waals surface area contributed by atoms with Gasteiger partial charge in [0.2, 0.25) is 0 Å². The van der Waals surface area contributed by atoms with Gasteiger partial charge in [0.25, 0.3) is 0 Å². The molecule has 0 aliphatic heterocycles. The molecule has 34 heavy (non-hydrogen) atoms. The predicted octanol–water partition coefficient (Wildman–Crippen LogP) is -0.917. The fraction of sp³-hybridized carbons (Fsp3) is 0.458. The van der Waals surface area contributed by atoms with Crippen molar-refractivity contribution >= 4 is 17.9 Å². The van der Waals surface area contributed by atoms with Crippen LogP contribution in [-0.4, -0.2) is 50.9 Å². The Morgan fingerprint density at radius 1 is 0.765 bits per heavy atom. The van der Waals surface area contributed by atoms with Gasteiger partial charge in [-0.05, 0) is 43.9 Å². The maximum atomic E-state index is 11.2. The van der Waals surface area contributed by atoms with Crippen molar-refractivity contribution in [1.29, 1.82) is 0 Å². The average molecular weight is 560 g/mol. The summed E-state index contributed by atoms with van der Waals surface area (Å²) >= 11 is 0. The molecule has 0 aromatic carbocycles. The molecule has 0 heterocycles. The molecule has 0 aliphatic rings. The summed E-state index contributed by atoms with van der Waals surface area (Å²) in [7, 11) is 0. The second-order valence-corrected chi connectivity index (χ2v) is 6.81. The van der Waals surface area contributed by atoms with Gasteiger partial charge in [-0.15, -0.1) is 19.8 Å². The largest absolute Gasteiger partial charge is 4.00 e. The van der Waals surface area contributed by atoms with Crippen molar-refractivity contribution in [3.05, 3.63) is 61.8 Å². The van der Waals surface area contributed by atoms with Crippen molar-refractivity contribution in [1.82, 2.24) is 0 Å². The quantitative estimate of drug-likeness (QED) is 0.158. The smallest absolute Gasteiger partial charge is 0.854 e. The molecule has 0 radical (unpaired) electrons. The molecular weight excluding hydrogens is 523 g/mol. The van der Waals surface area contributed by atoms with Crippen LogP contribution in [0.25, 0.3) is 0 Å². The topological polar surface area (TPSA) is 162 Å². The third-order valence-corrected chi connectivity index (χ3v) is 3.39. The number of aliphatic carboxylic acids is 3. The fourth-order valence-electron chi connectivity index (χ4n) is 1.15. The van der Waals surface area contributed by atoms with Crippen LogP contribution in [0.5, 0.6) is 0 Å². The van der Waals surface area contributed by atoms with E-state index in [0.717, 1.165) is 6.42 Å². The first-order valence-corrected chi connectivity index (χ1v) is 9.73. The zero-order chi connectivity index (χ0) is 27.0. The Balaban J connectivity index is -0.000000123. The minimum Gasteiger partial charge on any atom is -0.854 e. The molecule has 10 heteroatoms. The summed E-state index contributed by atoms with van der Waals surface area (Å²) in [5.41, 5.74) is -0.216. The number of carbonyl (C=O) groups excluding carboxylic acids is 3. The maximum absolute atomic E-state index is 11.2. The molecule has 0 spiro atoms. The Labute approximate surface area is 222 Å². The maximum Gasteiger partial charge on any atom is 4.00 e. The standard InChI is InChI=1S/C12H21O3.3C4H6O2.Zr/c1-4-7-14-10-12(6-3,9-13)11-15-8-5-2;3*1-3(2)4(5)6;/h4-5H,1-2,6-11H2,3H3;3*1H2,2H3,(H,5,6);/q-1;;;;+4/p-3. The van der Waals surface area contributed by atoms with Crippen molar-refractivity contribution in [3.8, 4) is 0 Å². The summed E-state index contributed by atoms with van der Waals surface area (Å²) in [6, 6.07) is 0. The van der Waals surface area contributed by atoms with Crippen LogP contribution in [-0.2, 0) is 50.1 Å². The summed E-state index contributed by atoms with van der Waals surface area (Å²) < 4.78 is 10.7. The molecule has 0 aromatic rings. The molecule has 0 N–H and O–H groups in total. The minimum absolute atomic E-state index is 0. The average Bonchev–Trinajstić information content (AvgIpc) is 2.74. The summed E-state index contributed by atoms with van der Waals surface area (Å²) in [4.78, 5) is 28.5. The van der Waals surface area contributed by atoms with E-state index in [9.17, 15) is 34.8 Å². The molecule has 0 fully saturated rings. The van der Waals surface area contributed by atoms with E-state index in [2.05, 4.69) is 32.9 Å². The molecule has 0 saturated carbocycles. The van der Waals surface area contributed by atoms with E-state index in [1.165, 1.54) is 20.8 Å². The third-order valence-electron chi connectivity index (χ3n) is 3.39. The van der Waals surface area contributed by atoms with Gasteiger partial charge in [-0.1, -0.05) is 38.8 Å². The first-order valence-electron chi connectivity index (χ1n) is 9.73. The van der Waals surface area contributed by atoms with E-state index in [1.807, 2.05) is 6.92 Å². The Morgan fingerprint density at radius 2 is 1.00 bits per heavy atom.